The molecule has 12 nitrogen and oxygen atoms in total. The lowest BCUT2D eigenvalue weighted by Gasteiger charge is -2.06. The van der Waals surface area contributed by atoms with Crippen molar-refractivity contribution in [3.63, 3.8) is 0 Å². The van der Waals surface area contributed by atoms with Crippen LogP contribution in [0.2, 0.25) is 0 Å². The van der Waals surface area contributed by atoms with Crippen molar-refractivity contribution in [2.75, 3.05) is 11.6 Å². The van der Waals surface area contributed by atoms with E-state index in [9.17, 15) is 18.3 Å². The first-order chi connectivity index (χ1) is 15.8. The van der Waals surface area contributed by atoms with Gasteiger partial charge in [-0.1, -0.05) is 12.1 Å². The average molecular weight is 468 g/mol. The highest BCUT2D eigenvalue weighted by molar-refractivity contribution is 7.90. The van der Waals surface area contributed by atoms with Crippen LogP contribution in [-0.4, -0.2) is 55.4 Å². The number of aromatic hydroxyl groups is 1. The maximum Gasteiger partial charge on any atom is 0.326 e. The molecule has 170 valence electrons. The Morgan fingerprint density at radius 1 is 1.24 bits per heavy atom. The van der Waals surface area contributed by atoms with Crippen molar-refractivity contribution in [2.45, 2.75) is 30.3 Å². The molecule has 0 radical (unpaired) electrons. The van der Waals surface area contributed by atoms with Gasteiger partial charge in [-0.15, -0.1) is 0 Å². The number of aromatic nitrogens is 6. The van der Waals surface area contributed by atoms with Gasteiger partial charge in [-0.3, -0.25) is 4.98 Å². The molecule has 1 saturated carbocycles. The molecule has 0 atom stereocenters. The molecule has 3 heterocycles. The molecule has 13 heteroatoms. The number of sulfone groups is 1. The lowest BCUT2D eigenvalue weighted by molar-refractivity contribution is 0.454. The second-order valence-corrected chi connectivity index (χ2v) is 9.81. The first kappa shape index (κ1) is 20.9. The van der Waals surface area contributed by atoms with Gasteiger partial charge in [-0.25, -0.2) is 18.2 Å². The Labute approximate surface area is 186 Å². The largest absolute Gasteiger partial charge is 0.493 e. The third kappa shape index (κ3) is 4.48. The van der Waals surface area contributed by atoms with Gasteiger partial charge in [-0.2, -0.15) is 19.6 Å². The number of H-pyrrole nitrogens is 2. The molecule has 1 fully saturated rings. The molecule has 5 rings (SSSR count). The minimum Gasteiger partial charge on any atom is -0.493 e. The molecule has 1 aliphatic carbocycles. The number of aromatic amines is 2. The van der Waals surface area contributed by atoms with Crippen LogP contribution >= 0.6 is 0 Å². The third-order valence-corrected chi connectivity index (χ3v) is 6.19. The molecule has 1 aliphatic rings. The fourth-order valence-electron chi connectivity index (χ4n) is 3.19. The van der Waals surface area contributed by atoms with Crippen LogP contribution in [0.5, 0.6) is 5.88 Å². The zero-order chi connectivity index (χ0) is 23.2. The van der Waals surface area contributed by atoms with Crippen molar-refractivity contribution < 1.29 is 13.5 Å². The zero-order valence-corrected chi connectivity index (χ0v) is 18.3. The molecule has 4 aromatic rings. The number of rotatable bonds is 6. The number of benzene rings is 1. The standard InChI is InChI=1S/C20H20N8O4S/c1-33(31,32)14-6-2-11(3-7-14)9-21-18-25-16-12(8-15-17(29)26-20(30)24-15)10-22-28(16)19(27-18)23-13-4-5-13/h2-3,6-8,10,13,29H,4-5,9H2,1H3,(H,21,23,27)(H2,24,26,30)/b12-8+. The van der Waals surface area contributed by atoms with Crippen molar-refractivity contribution in [3.8, 4) is 5.88 Å². The number of imidazole rings is 1. The van der Waals surface area contributed by atoms with Gasteiger partial charge in [0.1, 0.15) is 5.69 Å². The predicted octanol–water partition coefficient (Wildman–Crippen LogP) is -0.527. The fraction of sp³-hybridized carbons (Fsp3) is 0.250. The Hall–Kier alpha value is -4.00. The van der Waals surface area contributed by atoms with Crippen molar-refractivity contribution >= 4 is 27.5 Å². The molecule has 0 aliphatic heterocycles. The van der Waals surface area contributed by atoms with Gasteiger partial charge in [0.15, 0.2) is 15.5 Å². The summed E-state index contributed by atoms with van der Waals surface area (Å²) in [5.41, 5.74) is 1.36. The summed E-state index contributed by atoms with van der Waals surface area (Å²) in [7, 11) is -3.26. The van der Waals surface area contributed by atoms with E-state index < -0.39 is 15.5 Å². The van der Waals surface area contributed by atoms with Crippen LogP contribution in [0.25, 0.3) is 11.7 Å². The lowest BCUT2D eigenvalue weighted by Crippen LogP contribution is -2.24. The van der Waals surface area contributed by atoms with E-state index in [1.165, 1.54) is 4.52 Å². The second-order valence-electron chi connectivity index (χ2n) is 7.80. The summed E-state index contributed by atoms with van der Waals surface area (Å²) < 4.78 is 24.8. The van der Waals surface area contributed by atoms with Gasteiger partial charge >= 0.3 is 5.69 Å². The quantitative estimate of drug-likeness (QED) is 0.293. The van der Waals surface area contributed by atoms with Crippen molar-refractivity contribution in [1.82, 2.24) is 29.5 Å². The summed E-state index contributed by atoms with van der Waals surface area (Å²) in [5.74, 6) is 0.0308. The van der Waals surface area contributed by atoms with Gasteiger partial charge in [0.25, 0.3) is 5.62 Å². The molecule has 0 spiro atoms. The van der Waals surface area contributed by atoms with Gasteiger partial charge in [0.2, 0.25) is 11.8 Å². The Balaban J connectivity index is 1.52. The van der Waals surface area contributed by atoms with E-state index in [1.807, 2.05) is 0 Å². The van der Waals surface area contributed by atoms with Crippen LogP contribution in [0.4, 0.5) is 5.95 Å². The summed E-state index contributed by atoms with van der Waals surface area (Å²) in [6.45, 7) is 0.363. The average Bonchev–Trinajstić information content (AvgIpc) is 3.40. The summed E-state index contributed by atoms with van der Waals surface area (Å²) in [5, 5.41) is 17.9. The van der Waals surface area contributed by atoms with E-state index in [4.69, 9.17) is 0 Å². The van der Waals surface area contributed by atoms with Crippen molar-refractivity contribution in [1.29, 1.82) is 0 Å². The fourth-order valence-corrected chi connectivity index (χ4v) is 3.83. The third-order valence-electron chi connectivity index (χ3n) is 5.06. The minimum atomic E-state index is -3.26. The monoisotopic (exact) mass is 468 g/mol. The highest BCUT2D eigenvalue weighted by Gasteiger charge is 2.21. The van der Waals surface area contributed by atoms with E-state index in [0.29, 0.717) is 29.0 Å². The molecule has 3 aromatic heterocycles. The maximum atomic E-state index is 11.6. The SMILES string of the molecule is CS(=O)(=O)c1ccc(CNc2nc(=NC3CC3)n3nc/c(=C\c4[nH]c(=O)[nH]c4O)c3n2)cc1. The van der Waals surface area contributed by atoms with E-state index >= 15 is 0 Å². The van der Waals surface area contributed by atoms with Crippen LogP contribution in [0.15, 0.2) is 45.1 Å². The van der Waals surface area contributed by atoms with Gasteiger partial charge in [0, 0.05) is 18.0 Å². The first-order valence-electron chi connectivity index (χ1n) is 10.1. The Morgan fingerprint density at radius 3 is 2.64 bits per heavy atom. The highest BCUT2D eigenvalue weighted by atomic mass is 32.2. The van der Waals surface area contributed by atoms with E-state index in [-0.39, 0.29) is 22.5 Å². The first-order valence-corrected chi connectivity index (χ1v) is 12.0. The van der Waals surface area contributed by atoms with E-state index in [1.54, 1.807) is 36.5 Å². The van der Waals surface area contributed by atoms with Gasteiger partial charge in [0.05, 0.1) is 17.1 Å². The summed E-state index contributed by atoms with van der Waals surface area (Å²) in [6.07, 6.45) is 6.24. The summed E-state index contributed by atoms with van der Waals surface area (Å²) >= 11 is 0. The van der Waals surface area contributed by atoms with Crippen LogP contribution < -0.4 is 21.8 Å². The molecule has 33 heavy (non-hydrogen) atoms. The number of hydrogen-bond acceptors (Lipinski definition) is 9. The van der Waals surface area contributed by atoms with Crippen LogP contribution in [0, 0.1) is 0 Å². The minimum absolute atomic E-state index is 0.196. The summed E-state index contributed by atoms with van der Waals surface area (Å²) in [4.78, 5) is 30.1. The molecular weight excluding hydrogens is 448 g/mol. The topological polar surface area (TPSA) is 170 Å². The van der Waals surface area contributed by atoms with Crippen LogP contribution in [0.3, 0.4) is 0 Å². The van der Waals surface area contributed by atoms with Crippen molar-refractivity contribution in [2.24, 2.45) is 4.99 Å². The number of fused-ring (bicyclic) bond motifs is 1. The molecule has 0 amide bonds. The smallest absolute Gasteiger partial charge is 0.326 e. The van der Waals surface area contributed by atoms with Gasteiger partial charge in [-0.05, 0) is 36.6 Å². The second kappa shape index (κ2) is 7.85. The van der Waals surface area contributed by atoms with Crippen LogP contribution in [0.1, 0.15) is 24.1 Å². The number of anilines is 1. The highest BCUT2D eigenvalue weighted by Crippen LogP contribution is 2.22. The Bertz CT molecular complexity index is 1630. The lowest BCUT2D eigenvalue weighted by atomic mass is 10.2. The zero-order valence-electron chi connectivity index (χ0n) is 17.5. The Kier molecular flexibility index (Phi) is 4.96. The van der Waals surface area contributed by atoms with E-state index in [0.717, 1.165) is 24.7 Å². The van der Waals surface area contributed by atoms with E-state index in [2.05, 4.69) is 35.3 Å². The summed E-state index contributed by atoms with van der Waals surface area (Å²) in [6, 6.07) is 6.75. The normalized spacial score (nSPS) is 15.4. The molecule has 0 bridgehead atoms. The Morgan fingerprint density at radius 2 is 2.00 bits per heavy atom. The number of nitrogens with zero attached hydrogens (tertiary/aromatic N) is 5. The molecule has 0 unspecified atom stereocenters. The molecule has 4 N–H and O–H groups in total. The number of hydrogen-bond donors (Lipinski definition) is 4. The molecular formula is C20H20N8O4S. The predicted molar refractivity (Wildman–Crippen MR) is 118 cm³/mol. The van der Waals surface area contributed by atoms with Gasteiger partial charge < -0.3 is 15.4 Å². The number of nitrogens with one attached hydrogen (secondary N) is 3. The molecule has 0 saturated heterocycles. The molecule has 1 aromatic carbocycles. The van der Waals surface area contributed by atoms with Crippen LogP contribution in [-0.2, 0) is 16.4 Å². The maximum absolute atomic E-state index is 11.6. The van der Waals surface area contributed by atoms with Crippen molar-refractivity contribution in [3.05, 3.63) is 63.0 Å².